The van der Waals surface area contributed by atoms with Gasteiger partial charge in [-0.05, 0) is 25.5 Å². The van der Waals surface area contributed by atoms with Gasteiger partial charge in [-0.2, -0.15) is 0 Å². The number of carboxylic acid groups (broad SMARTS) is 1. The van der Waals surface area contributed by atoms with Gasteiger partial charge >= 0.3 is 5.97 Å². The second-order valence-corrected chi connectivity index (χ2v) is 5.49. The Kier molecular flexibility index (Phi) is 4.45. The van der Waals surface area contributed by atoms with Crippen LogP contribution in [0.2, 0.25) is 0 Å². The molecule has 1 aromatic heterocycles. The van der Waals surface area contributed by atoms with E-state index in [0.29, 0.717) is 12.6 Å². The van der Waals surface area contributed by atoms with Gasteiger partial charge in [0.2, 0.25) is 0 Å². The maximum absolute atomic E-state index is 10.8. The molecule has 1 heterocycles. The second-order valence-electron chi connectivity index (χ2n) is 5.49. The first-order valence-corrected chi connectivity index (χ1v) is 6.98. The van der Waals surface area contributed by atoms with Crippen LogP contribution < -0.4 is 0 Å². The average molecular weight is 274 g/mol. The molecule has 0 bridgehead atoms. The van der Waals surface area contributed by atoms with Crippen molar-refractivity contribution in [1.29, 1.82) is 0 Å². The van der Waals surface area contributed by atoms with E-state index in [1.54, 1.807) is 0 Å². The van der Waals surface area contributed by atoms with Crippen molar-refractivity contribution in [3.8, 4) is 0 Å². The van der Waals surface area contributed by atoms with Gasteiger partial charge in [0.05, 0.1) is 6.42 Å². The highest BCUT2D eigenvalue weighted by atomic mass is 16.4. The Hall–Kier alpha value is -1.81. The first-order valence-electron chi connectivity index (χ1n) is 6.98. The van der Waals surface area contributed by atoms with E-state index in [0.717, 1.165) is 6.54 Å². The fourth-order valence-corrected chi connectivity index (χ4v) is 2.53. The molecule has 0 atom stereocenters. The lowest BCUT2D eigenvalue weighted by atomic mass is 10.1. The van der Waals surface area contributed by atoms with Crippen LogP contribution in [0.3, 0.4) is 0 Å². The molecule has 1 N–H and O–H groups in total. The molecule has 0 fully saturated rings. The van der Waals surface area contributed by atoms with E-state index in [4.69, 9.17) is 5.11 Å². The minimum atomic E-state index is -0.742. The van der Waals surface area contributed by atoms with Gasteiger partial charge < -0.3 is 9.67 Å². The highest BCUT2D eigenvalue weighted by molar-refractivity contribution is 5.83. The van der Waals surface area contributed by atoms with Crippen LogP contribution in [0.5, 0.6) is 0 Å². The molecule has 0 spiro atoms. The minimum Gasteiger partial charge on any atom is -0.481 e. The zero-order chi connectivity index (χ0) is 14.7. The standard InChI is InChI=1S/C16H22N2O2/c1-12(2)18(9-8-16(19)20)11-13-10-17(3)15-7-5-4-6-14(13)15/h4-7,10,12H,8-9,11H2,1-3H3,(H,19,20). The first-order chi connectivity index (χ1) is 9.49. The number of nitrogens with zero attached hydrogens (tertiary/aromatic N) is 2. The molecule has 0 aliphatic heterocycles. The van der Waals surface area contributed by atoms with Gasteiger partial charge in [0.15, 0.2) is 0 Å². The molecule has 4 heteroatoms. The number of fused-ring (bicyclic) bond motifs is 1. The van der Waals surface area contributed by atoms with Crippen molar-refractivity contribution in [3.63, 3.8) is 0 Å². The Bertz CT molecular complexity index is 602. The number of hydrogen-bond acceptors (Lipinski definition) is 2. The number of aromatic nitrogens is 1. The summed E-state index contributed by atoms with van der Waals surface area (Å²) >= 11 is 0. The van der Waals surface area contributed by atoms with Gasteiger partial charge in [-0.25, -0.2) is 0 Å². The van der Waals surface area contributed by atoms with E-state index in [9.17, 15) is 4.79 Å². The van der Waals surface area contributed by atoms with Crippen LogP contribution >= 0.6 is 0 Å². The zero-order valence-corrected chi connectivity index (χ0v) is 12.3. The topological polar surface area (TPSA) is 45.5 Å². The van der Waals surface area contributed by atoms with Crippen LogP contribution in [0.25, 0.3) is 10.9 Å². The lowest BCUT2D eigenvalue weighted by Crippen LogP contribution is -2.32. The van der Waals surface area contributed by atoms with Crippen molar-refractivity contribution in [2.24, 2.45) is 7.05 Å². The Morgan fingerprint density at radius 2 is 2.05 bits per heavy atom. The largest absolute Gasteiger partial charge is 0.481 e. The summed E-state index contributed by atoms with van der Waals surface area (Å²) in [7, 11) is 2.04. The van der Waals surface area contributed by atoms with Crippen LogP contribution in [0.1, 0.15) is 25.8 Å². The normalized spacial score (nSPS) is 11.7. The molecule has 0 aliphatic carbocycles. The van der Waals surface area contributed by atoms with E-state index >= 15 is 0 Å². The summed E-state index contributed by atoms with van der Waals surface area (Å²) < 4.78 is 2.13. The highest BCUT2D eigenvalue weighted by Crippen LogP contribution is 2.22. The van der Waals surface area contributed by atoms with Crippen LogP contribution in [-0.2, 0) is 18.4 Å². The molecule has 1 aromatic carbocycles. The molecule has 0 saturated heterocycles. The van der Waals surface area contributed by atoms with Crippen LogP contribution in [-0.4, -0.2) is 33.1 Å². The van der Waals surface area contributed by atoms with Crippen LogP contribution in [0, 0.1) is 0 Å². The predicted octanol–water partition coefficient (Wildman–Crippen LogP) is 2.86. The number of aliphatic carboxylic acids is 1. The minimum absolute atomic E-state index is 0.183. The molecule has 2 aromatic rings. The van der Waals surface area contributed by atoms with Crippen LogP contribution in [0.4, 0.5) is 0 Å². The summed E-state index contributed by atoms with van der Waals surface area (Å²) in [5.41, 5.74) is 2.46. The molecule has 20 heavy (non-hydrogen) atoms. The SMILES string of the molecule is CC(C)N(CCC(=O)O)Cc1cn(C)c2ccccc12. The van der Waals surface area contributed by atoms with Gasteiger partial charge in [0, 0.05) is 43.3 Å². The first kappa shape index (κ1) is 14.6. The van der Waals surface area contributed by atoms with E-state index in [1.807, 2.05) is 19.2 Å². The molecular weight excluding hydrogens is 252 g/mol. The molecular formula is C16H22N2O2. The third-order valence-electron chi connectivity index (χ3n) is 3.70. The van der Waals surface area contributed by atoms with E-state index in [1.165, 1.54) is 16.5 Å². The number of carbonyl (C=O) groups is 1. The quantitative estimate of drug-likeness (QED) is 0.881. The number of carboxylic acids is 1. The van der Waals surface area contributed by atoms with E-state index in [2.05, 4.69) is 41.6 Å². The smallest absolute Gasteiger partial charge is 0.304 e. The summed E-state index contributed by atoms with van der Waals surface area (Å²) in [5, 5.41) is 10.1. The number of aryl methyl sites for hydroxylation is 1. The van der Waals surface area contributed by atoms with Crippen molar-refractivity contribution >= 4 is 16.9 Å². The van der Waals surface area contributed by atoms with Crippen molar-refractivity contribution < 1.29 is 9.90 Å². The Labute approximate surface area is 119 Å². The summed E-state index contributed by atoms with van der Waals surface area (Å²) in [5.74, 6) is -0.742. The highest BCUT2D eigenvalue weighted by Gasteiger charge is 2.14. The monoisotopic (exact) mass is 274 g/mol. The number of rotatable bonds is 6. The number of benzene rings is 1. The van der Waals surface area contributed by atoms with Gasteiger partial charge in [-0.15, -0.1) is 0 Å². The lowest BCUT2D eigenvalue weighted by molar-refractivity contribution is -0.137. The Balaban J connectivity index is 2.22. The maximum atomic E-state index is 10.8. The molecule has 4 nitrogen and oxygen atoms in total. The van der Waals surface area contributed by atoms with Gasteiger partial charge in [0.1, 0.15) is 0 Å². The molecule has 0 radical (unpaired) electrons. The summed E-state index contributed by atoms with van der Waals surface area (Å²) in [4.78, 5) is 13.0. The fourth-order valence-electron chi connectivity index (χ4n) is 2.53. The Morgan fingerprint density at radius 3 is 2.70 bits per heavy atom. The molecule has 0 unspecified atom stereocenters. The van der Waals surface area contributed by atoms with Crippen LogP contribution in [0.15, 0.2) is 30.5 Å². The lowest BCUT2D eigenvalue weighted by Gasteiger charge is -2.25. The average Bonchev–Trinajstić information content (AvgIpc) is 2.71. The van der Waals surface area contributed by atoms with Crippen molar-refractivity contribution in [3.05, 3.63) is 36.0 Å². The fraction of sp³-hybridized carbons (Fsp3) is 0.438. The predicted molar refractivity (Wildman–Crippen MR) is 80.7 cm³/mol. The maximum Gasteiger partial charge on any atom is 0.304 e. The molecule has 108 valence electrons. The molecule has 0 saturated carbocycles. The molecule has 0 aliphatic rings. The molecule has 2 rings (SSSR count). The van der Waals surface area contributed by atoms with Gasteiger partial charge in [-0.1, -0.05) is 18.2 Å². The summed E-state index contributed by atoms with van der Waals surface area (Å²) in [6, 6.07) is 8.64. The van der Waals surface area contributed by atoms with Gasteiger partial charge in [-0.3, -0.25) is 9.69 Å². The van der Waals surface area contributed by atoms with Crippen molar-refractivity contribution in [2.45, 2.75) is 32.9 Å². The molecule has 0 amide bonds. The van der Waals surface area contributed by atoms with Crippen molar-refractivity contribution in [2.75, 3.05) is 6.54 Å². The third kappa shape index (κ3) is 3.20. The second kappa shape index (κ2) is 6.09. The number of para-hydroxylation sites is 1. The van der Waals surface area contributed by atoms with E-state index < -0.39 is 5.97 Å². The van der Waals surface area contributed by atoms with Crippen molar-refractivity contribution in [1.82, 2.24) is 9.47 Å². The summed E-state index contributed by atoms with van der Waals surface area (Å²) in [6.45, 7) is 5.57. The number of hydrogen-bond donors (Lipinski definition) is 1. The van der Waals surface area contributed by atoms with Gasteiger partial charge in [0.25, 0.3) is 0 Å². The van der Waals surface area contributed by atoms with E-state index in [-0.39, 0.29) is 6.42 Å². The zero-order valence-electron chi connectivity index (χ0n) is 12.3. The Morgan fingerprint density at radius 1 is 1.35 bits per heavy atom. The third-order valence-corrected chi connectivity index (χ3v) is 3.70. The summed E-state index contributed by atoms with van der Waals surface area (Å²) in [6.07, 6.45) is 2.32.